The minimum atomic E-state index is -4.52. The number of Topliss-reactive ketones (excluding diaryl/α,β-unsaturated/α-hetero) is 1. The number of nitrogens with zero attached hydrogens (tertiary/aromatic N) is 3. The number of aromatic nitrogens is 3. The average Bonchev–Trinajstić information content (AvgIpc) is 3.51. The number of amides is 1. The molecule has 11 heteroatoms. The molecule has 2 N–H and O–H groups in total. The highest BCUT2D eigenvalue weighted by Crippen LogP contribution is 2.32. The first-order valence-corrected chi connectivity index (χ1v) is 9.25. The molecule has 1 amide bonds. The number of ketones is 1. The fourth-order valence-corrected chi connectivity index (χ4v) is 2.67. The maximum absolute atomic E-state index is 12.6. The second-order valence-corrected chi connectivity index (χ2v) is 6.94. The predicted octanol–water partition coefficient (Wildman–Crippen LogP) is 3.97. The molecule has 0 spiro atoms. The molecule has 2 aromatic heterocycles. The summed E-state index contributed by atoms with van der Waals surface area (Å²) in [6.07, 6.45) is -0.227. The largest absolute Gasteiger partial charge is 0.417 e. The highest BCUT2D eigenvalue weighted by atomic mass is 35.5. The molecule has 7 nitrogen and oxygen atoms in total. The second kappa shape index (κ2) is 8.73. The van der Waals surface area contributed by atoms with Crippen molar-refractivity contribution in [2.24, 2.45) is 5.92 Å². The van der Waals surface area contributed by atoms with Gasteiger partial charge in [0.15, 0.2) is 5.78 Å². The van der Waals surface area contributed by atoms with Crippen LogP contribution in [0.15, 0.2) is 24.5 Å². The first kappa shape index (κ1) is 21.0. The van der Waals surface area contributed by atoms with Crippen LogP contribution in [0.5, 0.6) is 0 Å². The third-order valence-electron chi connectivity index (χ3n) is 4.17. The first-order chi connectivity index (χ1) is 13.7. The van der Waals surface area contributed by atoms with Crippen molar-refractivity contribution in [3.63, 3.8) is 0 Å². The minimum absolute atomic E-state index is 0.00494. The van der Waals surface area contributed by atoms with E-state index in [1.807, 2.05) is 0 Å². The van der Waals surface area contributed by atoms with Crippen molar-refractivity contribution in [3.8, 4) is 0 Å². The van der Waals surface area contributed by atoms with Crippen LogP contribution in [0.1, 0.15) is 41.7 Å². The Morgan fingerprint density at radius 1 is 1.24 bits per heavy atom. The van der Waals surface area contributed by atoms with Crippen LogP contribution in [-0.2, 0) is 11.0 Å². The molecule has 29 heavy (non-hydrogen) atoms. The number of alkyl halides is 3. The summed E-state index contributed by atoms with van der Waals surface area (Å²) in [5.74, 6) is -0.206. The third-order valence-corrected chi connectivity index (χ3v) is 4.45. The molecule has 0 bridgehead atoms. The Balaban J connectivity index is 1.48. The van der Waals surface area contributed by atoms with Crippen molar-refractivity contribution in [1.29, 1.82) is 0 Å². The number of nitrogens with one attached hydrogen (secondary N) is 2. The number of carbonyl (C=O) groups is 2. The first-order valence-electron chi connectivity index (χ1n) is 8.88. The molecule has 0 aromatic carbocycles. The monoisotopic (exact) mass is 427 g/mol. The Morgan fingerprint density at radius 3 is 2.66 bits per heavy atom. The lowest BCUT2D eigenvalue weighted by Gasteiger charge is -2.10. The van der Waals surface area contributed by atoms with Crippen molar-refractivity contribution in [2.75, 3.05) is 17.2 Å². The van der Waals surface area contributed by atoms with E-state index in [9.17, 15) is 22.8 Å². The van der Waals surface area contributed by atoms with Crippen molar-refractivity contribution < 1.29 is 22.8 Å². The highest BCUT2D eigenvalue weighted by molar-refractivity contribution is 6.32. The summed E-state index contributed by atoms with van der Waals surface area (Å²) in [5.41, 5.74) is -0.756. The summed E-state index contributed by atoms with van der Waals surface area (Å²) >= 11 is 5.81. The van der Waals surface area contributed by atoms with E-state index in [0.717, 1.165) is 18.9 Å². The summed E-state index contributed by atoms with van der Waals surface area (Å²) in [7, 11) is 0. The Bertz CT molecular complexity index is 919. The summed E-state index contributed by atoms with van der Waals surface area (Å²) in [4.78, 5) is 35.7. The van der Waals surface area contributed by atoms with Crippen LogP contribution < -0.4 is 10.6 Å². The van der Waals surface area contributed by atoms with E-state index in [1.165, 1.54) is 12.3 Å². The van der Waals surface area contributed by atoms with Gasteiger partial charge in [0, 0.05) is 31.3 Å². The maximum atomic E-state index is 12.6. The van der Waals surface area contributed by atoms with E-state index in [2.05, 4.69) is 25.6 Å². The van der Waals surface area contributed by atoms with Gasteiger partial charge in [-0.1, -0.05) is 11.6 Å². The van der Waals surface area contributed by atoms with Crippen molar-refractivity contribution in [1.82, 2.24) is 15.0 Å². The smallest absolute Gasteiger partial charge is 0.369 e. The standard InChI is InChI=1S/C18H17ClF3N5O2/c19-12-8-11(18(20,21)22)9-25-15(12)23-6-1-2-14(28)13-5-7-24-17(26-13)27-16(29)10-3-4-10/h5,7-10H,1-4,6H2,(H,23,25)(H,24,26,27,29). The van der Waals surface area contributed by atoms with Crippen molar-refractivity contribution in [3.05, 3.63) is 40.8 Å². The summed E-state index contributed by atoms with van der Waals surface area (Å²) in [6, 6.07) is 2.25. The van der Waals surface area contributed by atoms with E-state index in [0.29, 0.717) is 12.6 Å². The molecule has 2 heterocycles. The molecule has 0 aliphatic heterocycles. The zero-order valence-corrected chi connectivity index (χ0v) is 15.8. The number of hydrogen-bond donors (Lipinski definition) is 2. The van der Waals surface area contributed by atoms with Gasteiger partial charge in [-0.05, 0) is 31.4 Å². The molecule has 2 aromatic rings. The second-order valence-electron chi connectivity index (χ2n) is 6.53. The van der Waals surface area contributed by atoms with E-state index >= 15 is 0 Å². The molecule has 1 saturated carbocycles. The molecular weight excluding hydrogens is 411 g/mol. The van der Waals surface area contributed by atoms with E-state index < -0.39 is 11.7 Å². The number of carbonyl (C=O) groups excluding carboxylic acids is 2. The van der Waals surface area contributed by atoms with Gasteiger partial charge in [-0.2, -0.15) is 13.2 Å². The molecular formula is C18H17ClF3N5O2. The Hall–Kier alpha value is -2.75. The van der Waals surface area contributed by atoms with Gasteiger partial charge in [0.2, 0.25) is 11.9 Å². The molecule has 1 aliphatic carbocycles. The van der Waals surface area contributed by atoms with Crippen LogP contribution >= 0.6 is 11.6 Å². The molecule has 0 saturated heterocycles. The van der Waals surface area contributed by atoms with Gasteiger partial charge in [0.05, 0.1) is 10.6 Å². The van der Waals surface area contributed by atoms with Crippen LogP contribution in [0.25, 0.3) is 0 Å². The Kier molecular flexibility index (Phi) is 6.31. The molecule has 0 radical (unpaired) electrons. The SMILES string of the molecule is O=C(CCCNc1ncc(C(F)(F)F)cc1Cl)c1ccnc(NC(=O)C2CC2)n1. The van der Waals surface area contributed by atoms with Gasteiger partial charge in [-0.15, -0.1) is 0 Å². The van der Waals surface area contributed by atoms with Crippen molar-refractivity contribution in [2.45, 2.75) is 31.9 Å². The number of pyridine rings is 1. The van der Waals surface area contributed by atoms with Gasteiger partial charge in [0.1, 0.15) is 11.5 Å². The topological polar surface area (TPSA) is 96.9 Å². The van der Waals surface area contributed by atoms with Crippen LogP contribution in [0.3, 0.4) is 0 Å². The number of hydrogen-bond acceptors (Lipinski definition) is 6. The molecule has 3 rings (SSSR count). The molecule has 0 atom stereocenters. The predicted molar refractivity (Wildman–Crippen MR) is 99.7 cm³/mol. The van der Waals surface area contributed by atoms with E-state index in [4.69, 9.17) is 11.6 Å². The zero-order chi connectivity index (χ0) is 21.0. The molecule has 1 aliphatic rings. The van der Waals surface area contributed by atoms with Gasteiger partial charge in [-0.25, -0.2) is 15.0 Å². The average molecular weight is 428 g/mol. The van der Waals surface area contributed by atoms with E-state index in [-0.39, 0.29) is 53.1 Å². The number of rotatable bonds is 8. The Morgan fingerprint density at radius 2 is 2.00 bits per heavy atom. The van der Waals surface area contributed by atoms with Gasteiger partial charge in [0.25, 0.3) is 0 Å². The molecule has 154 valence electrons. The molecule has 1 fully saturated rings. The van der Waals surface area contributed by atoms with Crippen molar-refractivity contribution >= 4 is 35.1 Å². The summed E-state index contributed by atoms with van der Waals surface area (Å²) in [6.45, 7) is 0.278. The number of anilines is 2. The zero-order valence-electron chi connectivity index (χ0n) is 15.1. The lowest BCUT2D eigenvalue weighted by molar-refractivity contribution is -0.137. The lowest BCUT2D eigenvalue weighted by Crippen LogP contribution is -2.17. The summed E-state index contributed by atoms with van der Waals surface area (Å²) < 4.78 is 37.8. The minimum Gasteiger partial charge on any atom is -0.369 e. The maximum Gasteiger partial charge on any atom is 0.417 e. The third kappa shape index (κ3) is 5.86. The Labute approximate surface area is 169 Å². The number of halogens is 4. The fourth-order valence-electron chi connectivity index (χ4n) is 2.44. The van der Waals surface area contributed by atoms with Gasteiger partial charge < -0.3 is 5.32 Å². The van der Waals surface area contributed by atoms with E-state index in [1.54, 1.807) is 0 Å². The van der Waals surface area contributed by atoms with Crippen LogP contribution in [-0.4, -0.2) is 33.2 Å². The van der Waals surface area contributed by atoms with Crippen LogP contribution in [0.2, 0.25) is 5.02 Å². The molecule has 0 unspecified atom stereocenters. The van der Waals surface area contributed by atoms with Gasteiger partial charge >= 0.3 is 6.18 Å². The quantitative estimate of drug-likeness (QED) is 0.489. The van der Waals surface area contributed by atoms with Gasteiger partial charge in [-0.3, -0.25) is 14.9 Å². The normalized spacial score (nSPS) is 13.8. The summed E-state index contributed by atoms with van der Waals surface area (Å²) in [5, 5.41) is 5.23. The highest BCUT2D eigenvalue weighted by Gasteiger charge is 2.31. The lowest BCUT2D eigenvalue weighted by atomic mass is 10.1. The van der Waals surface area contributed by atoms with Crippen LogP contribution in [0.4, 0.5) is 24.9 Å². The van der Waals surface area contributed by atoms with Crippen LogP contribution in [0, 0.1) is 5.92 Å². The fraction of sp³-hybridized carbons (Fsp3) is 0.389.